The highest BCUT2D eigenvalue weighted by atomic mass is 15.0. The maximum absolute atomic E-state index is 4.65. The van der Waals surface area contributed by atoms with E-state index in [1.54, 1.807) is 0 Å². The van der Waals surface area contributed by atoms with Crippen LogP contribution in [0.5, 0.6) is 0 Å². The van der Waals surface area contributed by atoms with Gasteiger partial charge in [-0.05, 0) is 64.9 Å². The molecular weight excluding hydrogens is 468 g/mol. The van der Waals surface area contributed by atoms with E-state index >= 15 is 0 Å². The van der Waals surface area contributed by atoms with Gasteiger partial charge in [0, 0.05) is 12.1 Å². The normalized spacial score (nSPS) is 21.5. The average molecular weight is 501 g/mol. The van der Waals surface area contributed by atoms with E-state index in [9.17, 15) is 0 Å². The third-order valence-electron chi connectivity index (χ3n) is 7.97. The van der Waals surface area contributed by atoms with Crippen LogP contribution in [0.15, 0.2) is 85.2 Å². The Kier molecular flexibility index (Phi) is 5.72. The molecule has 1 unspecified atom stereocenters. The van der Waals surface area contributed by atoms with Crippen LogP contribution in [0.25, 0.3) is 44.4 Å². The molecule has 4 heterocycles. The number of hydrogen-bond donors (Lipinski definition) is 4. The molecule has 2 aliphatic rings. The highest BCUT2D eigenvalue weighted by Crippen LogP contribution is 2.31. The number of fused-ring (bicyclic) bond motifs is 1. The zero-order chi connectivity index (χ0) is 25.6. The summed E-state index contributed by atoms with van der Waals surface area (Å²) in [6.45, 7) is 8.28. The Hall–Kier alpha value is -4.00. The molecule has 0 aliphatic carbocycles. The van der Waals surface area contributed by atoms with Crippen molar-refractivity contribution < 1.29 is 0 Å². The van der Waals surface area contributed by atoms with Gasteiger partial charge in [0.25, 0.3) is 0 Å². The minimum absolute atomic E-state index is 0.231. The molecule has 38 heavy (non-hydrogen) atoms. The SMILES string of the molecule is C=C1CN[C@H](c2ncc(-c3ccc4cc(-c5ccc(-c6cnc([C@@H]7CC(C)CN7)[nH]6)cc5)ccc4c3)[nH]2)C1. The first-order valence-corrected chi connectivity index (χ1v) is 13.5. The van der Waals surface area contributed by atoms with Gasteiger partial charge in [-0.1, -0.05) is 67.6 Å². The van der Waals surface area contributed by atoms with E-state index in [-0.39, 0.29) is 6.04 Å². The summed E-state index contributed by atoms with van der Waals surface area (Å²) >= 11 is 0. The molecule has 3 aromatic carbocycles. The van der Waals surface area contributed by atoms with Crippen LogP contribution in [0.1, 0.15) is 43.5 Å². The van der Waals surface area contributed by atoms with Crippen LogP contribution in [0.2, 0.25) is 0 Å². The fourth-order valence-electron chi connectivity index (χ4n) is 5.77. The molecule has 2 aromatic heterocycles. The molecule has 2 aliphatic heterocycles. The van der Waals surface area contributed by atoms with Crippen molar-refractivity contribution in [2.75, 3.05) is 13.1 Å². The Labute approximate surface area is 222 Å². The predicted octanol–water partition coefficient (Wildman–Crippen LogP) is 6.55. The van der Waals surface area contributed by atoms with Crippen LogP contribution in [-0.4, -0.2) is 33.0 Å². The molecule has 7 rings (SSSR count). The Morgan fingerprint density at radius 3 is 1.97 bits per heavy atom. The quantitative estimate of drug-likeness (QED) is 0.206. The topological polar surface area (TPSA) is 81.4 Å². The summed E-state index contributed by atoms with van der Waals surface area (Å²) in [7, 11) is 0. The van der Waals surface area contributed by atoms with E-state index in [0.717, 1.165) is 60.1 Å². The van der Waals surface area contributed by atoms with Crippen molar-refractivity contribution in [2.45, 2.75) is 31.8 Å². The first-order valence-electron chi connectivity index (χ1n) is 13.5. The first kappa shape index (κ1) is 23.1. The minimum atomic E-state index is 0.231. The molecule has 0 bridgehead atoms. The molecule has 6 nitrogen and oxygen atoms in total. The third-order valence-corrected chi connectivity index (χ3v) is 7.97. The van der Waals surface area contributed by atoms with Gasteiger partial charge in [0.05, 0.1) is 35.9 Å². The second-order valence-corrected chi connectivity index (χ2v) is 10.9. The average Bonchev–Trinajstić information content (AvgIpc) is 3.75. The van der Waals surface area contributed by atoms with Crippen LogP contribution >= 0.6 is 0 Å². The molecule has 2 fully saturated rings. The Morgan fingerprint density at radius 1 is 0.711 bits per heavy atom. The molecular formula is C32H32N6. The minimum Gasteiger partial charge on any atom is -0.341 e. The fourth-order valence-corrected chi connectivity index (χ4v) is 5.77. The molecule has 0 radical (unpaired) electrons. The second-order valence-electron chi connectivity index (χ2n) is 10.9. The summed E-state index contributed by atoms with van der Waals surface area (Å²) in [5.41, 5.74) is 8.05. The summed E-state index contributed by atoms with van der Waals surface area (Å²) in [4.78, 5) is 16.3. The maximum Gasteiger partial charge on any atom is 0.124 e. The number of aromatic amines is 2. The number of imidazole rings is 2. The highest BCUT2D eigenvalue weighted by Gasteiger charge is 2.24. The van der Waals surface area contributed by atoms with Gasteiger partial charge in [0.15, 0.2) is 0 Å². The number of aromatic nitrogens is 4. The van der Waals surface area contributed by atoms with Crippen molar-refractivity contribution in [2.24, 2.45) is 5.92 Å². The fraction of sp³-hybridized carbons (Fsp3) is 0.250. The lowest BCUT2D eigenvalue weighted by molar-refractivity contribution is 0.588. The number of nitrogens with zero attached hydrogens (tertiary/aromatic N) is 2. The van der Waals surface area contributed by atoms with E-state index in [4.69, 9.17) is 0 Å². The monoisotopic (exact) mass is 500 g/mol. The summed E-state index contributed by atoms with van der Waals surface area (Å²) in [6.07, 6.45) is 5.95. The number of benzene rings is 3. The zero-order valence-electron chi connectivity index (χ0n) is 21.6. The molecule has 190 valence electrons. The molecule has 0 amide bonds. The standard InChI is InChI=1S/C32H32N6/c1-19-11-27(33-15-19)31-35-17-29(37-31)22-5-3-21(4-6-22)23-7-8-25-14-26(10-9-24(25)13-23)30-18-36-32(38-30)28-12-20(2)16-34-28/h3-10,13-14,17-19,27-28,33-34H,2,11-12,15-16H2,1H3,(H,35,37)(H,36,38)/t19?,27-,28-/m0/s1. The van der Waals surface area contributed by atoms with E-state index in [1.807, 2.05) is 12.4 Å². The highest BCUT2D eigenvalue weighted by molar-refractivity contribution is 5.90. The van der Waals surface area contributed by atoms with Gasteiger partial charge in [0.1, 0.15) is 11.6 Å². The summed E-state index contributed by atoms with van der Waals surface area (Å²) in [5.74, 6) is 2.71. The summed E-state index contributed by atoms with van der Waals surface area (Å²) < 4.78 is 0. The van der Waals surface area contributed by atoms with E-state index in [0.29, 0.717) is 12.0 Å². The lowest BCUT2D eigenvalue weighted by Crippen LogP contribution is -2.14. The van der Waals surface area contributed by atoms with Gasteiger partial charge in [-0.25, -0.2) is 9.97 Å². The lowest BCUT2D eigenvalue weighted by atomic mass is 9.98. The Bertz CT molecular complexity index is 1630. The third kappa shape index (κ3) is 4.36. The van der Waals surface area contributed by atoms with Gasteiger partial charge in [-0.3, -0.25) is 0 Å². The Morgan fingerprint density at radius 2 is 1.32 bits per heavy atom. The molecule has 6 heteroatoms. The summed E-state index contributed by atoms with van der Waals surface area (Å²) in [6, 6.07) is 22.6. The van der Waals surface area contributed by atoms with Crippen LogP contribution in [0, 0.1) is 5.92 Å². The van der Waals surface area contributed by atoms with E-state index < -0.39 is 0 Å². The number of hydrogen-bond acceptors (Lipinski definition) is 4. The van der Waals surface area contributed by atoms with Gasteiger partial charge < -0.3 is 20.6 Å². The van der Waals surface area contributed by atoms with Crippen molar-refractivity contribution in [3.63, 3.8) is 0 Å². The molecule has 5 aromatic rings. The van der Waals surface area contributed by atoms with Crippen LogP contribution in [-0.2, 0) is 0 Å². The van der Waals surface area contributed by atoms with Crippen LogP contribution in [0.4, 0.5) is 0 Å². The van der Waals surface area contributed by atoms with E-state index in [2.05, 4.69) is 105 Å². The number of nitrogens with one attached hydrogen (secondary N) is 4. The molecule has 4 N–H and O–H groups in total. The zero-order valence-corrected chi connectivity index (χ0v) is 21.6. The molecule has 2 saturated heterocycles. The van der Waals surface area contributed by atoms with Gasteiger partial charge >= 0.3 is 0 Å². The van der Waals surface area contributed by atoms with Crippen molar-refractivity contribution in [1.82, 2.24) is 30.6 Å². The predicted molar refractivity (Wildman–Crippen MR) is 154 cm³/mol. The van der Waals surface area contributed by atoms with Crippen LogP contribution < -0.4 is 10.6 Å². The summed E-state index contributed by atoms with van der Waals surface area (Å²) in [5, 5.41) is 9.46. The number of H-pyrrole nitrogens is 2. The van der Waals surface area contributed by atoms with Gasteiger partial charge in [-0.15, -0.1) is 0 Å². The van der Waals surface area contributed by atoms with Crippen molar-refractivity contribution in [3.05, 3.63) is 96.9 Å². The molecule has 0 spiro atoms. The smallest absolute Gasteiger partial charge is 0.124 e. The van der Waals surface area contributed by atoms with E-state index in [1.165, 1.54) is 27.5 Å². The van der Waals surface area contributed by atoms with Crippen molar-refractivity contribution in [3.8, 4) is 33.6 Å². The van der Waals surface area contributed by atoms with Crippen molar-refractivity contribution in [1.29, 1.82) is 0 Å². The Balaban J connectivity index is 1.09. The second kappa shape index (κ2) is 9.39. The largest absolute Gasteiger partial charge is 0.341 e. The van der Waals surface area contributed by atoms with Crippen molar-refractivity contribution >= 4 is 10.8 Å². The van der Waals surface area contributed by atoms with Gasteiger partial charge in [-0.2, -0.15) is 0 Å². The maximum atomic E-state index is 4.65. The number of rotatable bonds is 5. The van der Waals surface area contributed by atoms with Crippen LogP contribution in [0.3, 0.4) is 0 Å². The first-order chi connectivity index (χ1) is 18.6. The molecule has 3 atom stereocenters. The molecule has 0 saturated carbocycles. The van der Waals surface area contributed by atoms with Gasteiger partial charge in [0.2, 0.25) is 0 Å². The lowest BCUT2D eigenvalue weighted by Gasteiger charge is -2.08.